The second-order valence-corrected chi connectivity index (χ2v) is 3.14. The van der Waals surface area contributed by atoms with E-state index in [4.69, 9.17) is 14.6 Å². The Balaban J connectivity index is 2.37. The molecule has 0 aliphatic heterocycles. The van der Waals surface area contributed by atoms with Gasteiger partial charge in [0.2, 0.25) is 0 Å². The molecule has 0 fully saturated rings. The van der Waals surface area contributed by atoms with Crippen LogP contribution in [-0.2, 0) is 20.9 Å². The van der Waals surface area contributed by atoms with Gasteiger partial charge < -0.3 is 19.4 Å². The van der Waals surface area contributed by atoms with Crippen molar-refractivity contribution in [2.75, 3.05) is 0 Å². The third-order valence-corrected chi connectivity index (χ3v) is 1.82. The van der Waals surface area contributed by atoms with E-state index in [0.717, 1.165) is 0 Å². The van der Waals surface area contributed by atoms with Crippen LogP contribution in [0.4, 0.5) is 0 Å². The summed E-state index contributed by atoms with van der Waals surface area (Å²) in [6.45, 7) is -0.223. The summed E-state index contributed by atoms with van der Waals surface area (Å²) in [5.41, 5.74) is 0. The molecule has 7 heteroatoms. The van der Waals surface area contributed by atoms with Gasteiger partial charge in [-0.05, 0) is 12.1 Å². The molecule has 17 heavy (non-hydrogen) atoms. The molecule has 0 aromatic carbocycles. The molecule has 0 radical (unpaired) electrons. The first-order valence-corrected chi connectivity index (χ1v) is 4.63. The third kappa shape index (κ3) is 4.07. The summed E-state index contributed by atoms with van der Waals surface area (Å²) < 4.78 is 9.55. The van der Waals surface area contributed by atoms with Crippen LogP contribution in [0.15, 0.2) is 16.5 Å². The summed E-state index contributed by atoms with van der Waals surface area (Å²) in [6, 6.07) is 2.85. The smallest absolute Gasteiger partial charge is 0.333 e. The molecule has 1 aromatic heterocycles. The zero-order valence-corrected chi connectivity index (χ0v) is 8.66. The molecule has 0 aliphatic carbocycles. The van der Waals surface area contributed by atoms with Crippen LogP contribution < -0.4 is 0 Å². The minimum atomic E-state index is -1.79. The molecule has 0 amide bonds. The van der Waals surface area contributed by atoms with Crippen molar-refractivity contribution in [2.45, 2.75) is 19.1 Å². The SMILES string of the molecule is O=Cc1ccc(COC(=O)CC(O)C(=O)O)o1. The number of esters is 1. The van der Waals surface area contributed by atoms with Gasteiger partial charge in [-0.2, -0.15) is 0 Å². The highest BCUT2D eigenvalue weighted by molar-refractivity contribution is 5.80. The molecule has 0 saturated heterocycles. The van der Waals surface area contributed by atoms with E-state index >= 15 is 0 Å². The van der Waals surface area contributed by atoms with Gasteiger partial charge in [-0.25, -0.2) is 4.79 Å². The number of aliphatic carboxylic acids is 1. The lowest BCUT2D eigenvalue weighted by Crippen LogP contribution is -2.24. The van der Waals surface area contributed by atoms with Gasteiger partial charge in [0.1, 0.15) is 12.4 Å². The van der Waals surface area contributed by atoms with Crippen molar-refractivity contribution < 1.29 is 33.8 Å². The number of aldehydes is 1. The van der Waals surface area contributed by atoms with Gasteiger partial charge in [-0.15, -0.1) is 0 Å². The number of carboxylic acid groups (broad SMARTS) is 1. The number of aliphatic hydroxyl groups excluding tert-OH is 1. The Kier molecular flexibility index (Phi) is 4.41. The van der Waals surface area contributed by atoms with Gasteiger partial charge >= 0.3 is 11.9 Å². The highest BCUT2D eigenvalue weighted by Gasteiger charge is 2.19. The Hall–Kier alpha value is -2.15. The van der Waals surface area contributed by atoms with Gasteiger partial charge in [0, 0.05) is 0 Å². The molecule has 7 nitrogen and oxygen atoms in total. The molecule has 2 N–H and O–H groups in total. The first-order valence-electron chi connectivity index (χ1n) is 4.63. The van der Waals surface area contributed by atoms with E-state index in [9.17, 15) is 14.4 Å². The maximum atomic E-state index is 11.1. The van der Waals surface area contributed by atoms with E-state index in [1.165, 1.54) is 12.1 Å². The standard InChI is InChI=1S/C10H10O7/c11-4-6-1-2-7(17-6)5-16-9(13)3-8(12)10(14)15/h1-2,4,8,12H,3,5H2,(H,14,15). The highest BCUT2D eigenvalue weighted by atomic mass is 16.5. The molecule has 0 bridgehead atoms. The molecule has 1 unspecified atom stereocenters. The summed E-state index contributed by atoms with van der Waals surface area (Å²) in [5.74, 6) is -2.01. The molecule has 0 aliphatic rings. The monoisotopic (exact) mass is 242 g/mol. The summed E-state index contributed by atoms with van der Waals surface area (Å²) in [6.07, 6.45) is -1.93. The van der Waals surface area contributed by atoms with E-state index in [0.29, 0.717) is 6.29 Å². The van der Waals surface area contributed by atoms with Crippen LogP contribution in [0.5, 0.6) is 0 Å². The van der Waals surface area contributed by atoms with Crippen molar-refractivity contribution in [1.82, 2.24) is 0 Å². The quantitative estimate of drug-likeness (QED) is 0.531. The van der Waals surface area contributed by atoms with Gasteiger partial charge in [0.05, 0.1) is 6.42 Å². The lowest BCUT2D eigenvalue weighted by molar-refractivity contribution is -0.156. The molecule has 92 valence electrons. The Morgan fingerprint density at radius 3 is 2.71 bits per heavy atom. The molecule has 0 spiro atoms. The highest BCUT2D eigenvalue weighted by Crippen LogP contribution is 2.08. The van der Waals surface area contributed by atoms with E-state index < -0.39 is 24.5 Å². The average molecular weight is 242 g/mol. The maximum Gasteiger partial charge on any atom is 0.333 e. The maximum absolute atomic E-state index is 11.1. The molecule has 1 heterocycles. The number of hydrogen-bond donors (Lipinski definition) is 2. The van der Waals surface area contributed by atoms with Crippen molar-refractivity contribution in [3.63, 3.8) is 0 Å². The predicted molar refractivity (Wildman–Crippen MR) is 52.2 cm³/mol. The topological polar surface area (TPSA) is 114 Å². The number of ether oxygens (including phenoxy) is 1. The van der Waals surface area contributed by atoms with Crippen molar-refractivity contribution >= 4 is 18.2 Å². The molecular weight excluding hydrogens is 232 g/mol. The van der Waals surface area contributed by atoms with Crippen molar-refractivity contribution in [3.05, 3.63) is 23.7 Å². The van der Waals surface area contributed by atoms with E-state index in [-0.39, 0.29) is 18.1 Å². The normalized spacial score (nSPS) is 11.8. The van der Waals surface area contributed by atoms with Gasteiger partial charge in [-0.1, -0.05) is 0 Å². The second kappa shape index (κ2) is 5.80. The fraction of sp³-hybridized carbons (Fsp3) is 0.300. The summed E-state index contributed by atoms with van der Waals surface area (Å²) in [4.78, 5) is 31.6. The Bertz CT molecular complexity index is 420. The molecule has 1 rings (SSSR count). The first-order chi connectivity index (χ1) is 8.02. The van der Waals surface area contributed by atoms with Crippen LogP contribution in [0.3, 0.4) is 0 Å². The largest absolute Gasteiger partial charge is 0.479 e. The molecule has 1 aromatic rings. The number of furan rings is 1. The first kappa shape index (κ1) is 12.9. The summed E-state index contributed by atoms with van der Waals surface area (Å²) in [7, 11) is 0. The van der Waals surface area contributed by atoms with Crippen LogP contribution in [0.25, 0.3) is 0 Å². The van der Waals surface area contributed by atoms with Crippen molar-refractivity contribution in [2.24, 2.45) is 0 Å². The molecular formula is C10H10O7. The molecule has 0 saturated carbocycles. The number of hydrogen-bond acceptors (Lipinski definition) is 6. The number of aliphatic hydroxyl groups is 1. The Morgan fingerprint density at radius 1 is 1.47 bits per heavy atom. The van der Waals surface area contributed by atoms with Crippen LogP contribution >= 0.6 is 0 Å². The second-order valence-electron chi connectivity index (χ2n) is 3.14. The Labute approximate surface area is 95.6 Å². The lowest BCUT2D eigenvalue weighted by atomic mass is 10.2. The van der Waals surface area contributed by atoms with Crippen LogP contribution in [0.2, 0.25) is 0 Å². The van der Waals surface area contributed by atoms with E-state index in [2.05, 4.69) is 4.74 Å². The minimum absolute atomic E-state index is 0.0987. The minimum Gasteiger partial charge on any atom is -0.479 e. The van der Waals surface area contributed by atoms with Crippen LogP contribution in [0, 0.1) is 0 Å². The summed E-state index contributed by atoms with van der Waals surface area (Å²) in [5, 5.41) is 17.2. The zero-order valence-electron chi connectivity index (χ0n) is 8.66. The average Bonchev–Trinajstić information content (AvgIpc) is 2.74. The van der Waals surface area contributed by atoms with Crippen molar-refractivity contribution in [3.8, 4) is 0 Å². The predicted octanol–water partition coefficient (Wildman–Crippen LogP) is -0.0291. The van der Waals surface area contributed by atoms with Gasteiger partial charge in [-0.3, -0.25) is 9.59 Å². The van der Waals surface area contributed by atoms with E-state index in [1.807, 2.05) is 0 Å². The fourth-order valence-corrected chi connectivity index (χ4v) is 0.991. The summed E-state index contributed by atoms with van der Waals surface area (Å²) >= 11 is 0. The number of rotatable bonds is 6. The third-order valence-electron chi connectivity index (χ3n) is 1.82. The van der Waals surface area contributed by atoms with E-state index in [1.54, 1.807) is 0 Å². The zero-order chi connectivity index (χ0) is 12.8. The number of carbonyl (C=O) groups excluding carboxylic acids is 2. The van der Waals surface area contributed by atoms with Crippen molar-refractivity contribution in [1.29, 1.82) is 0 Å². The lowest BCUT2D eigenvalue weighted by Gasteiger charge is -2.05. The molecule has 1 atom stereocenters. The number of carboxylic acids is 1. The van der Waals surface area contributed by atoms with Gasteiger partial charge in [0.15, 0.2) is 18.2 Å². The van der Waals surface area contributed by atoms with Crippen LogP contribution in [-0.4, -0.2) is 34.5 Å². The fourth-order valence-electron chi connectivity index (χ4n) is 0.991. The van der Waals surface area contributed by atoms with Crippen LogP contribution in [0.1, 0.15) is 22.7 Å². The Morgan fingerprint density at radius 2 is 2.18 bits per heavy atom. The number of carbonyl (C=O) groups is 3. The van der Waals surface area contributed by atoms with Gasteiger partial charge in [0.25, 0.3) is 0 Å².